The van der Waals surface area contributed by atoms with Gasteiger partial charge in [0.05, 0.1) is 5.92 Å². The van der Waals surface area contributed by atoms with Crippen LogP contribution in [0.4, 0.5) is 0 Å². The molecule has 1 aliphatic rings. The van der Waals surface area contributed by atoms with Gasteiger partial charge in [-0.25, -0.2) is 0 Å². The number of rotatable bonds is 6. The minimum absolute atomic E-state index is 0.0259. The summed E-state index contributed by atoms with van der Waals surface area (Å²) in [5.41, 5.74) is 0.955. The van der Waals surface area contributed by atoms with E-state index in [4.69, 9.17) is 9.47 Å². The van der Waals surface area contributed by atoms with Gasteiger partial charge >= 0.3 is 0 Å². The highest BCUT2D eigenvalue weighted by atomic mass is 79.9. The SMILES string of the molecule is CCO[C@H]1O/C(=C\c2ccc(Br)cc2)[C@@H](C[N+](=O)[O-])[C@H]1C(C)C. The smallest absolute Gasteiger partial charge is 0.214 e. The van der Waals surface area contributed by atoms with Crippen LogP contribution in [-0.4, -0.2) is 24.4 Å². The molecule has 2 rings (SSSR count). The molecule has 0 N–H and O–H groups in total. The van der Waals surface area contributed by atoms with Gasteiger partial charge in [0.15, 0.2) is 0 Å². The van der Waals surface area contributed by atoms with Gasteiger partial charge in [0.1, 0.15) is 5.76 Å². The average Bonchev–Trinajstić information content (AvgIpc) is 2.79. The molecule has 126 valence electrons. The maximum Gasteiger partial charge on any atom is 0.214 e. The molecule has 1 heterocycles. The van der Waals surface area contributed by atoms with Crippen molar-refractivity contribution in [2.75, 3.05) is 13.2 Å². The third-order valence-electron chi connectivity index (χ3n) is 4.02. The topological polar surface area (TPSA) is 61.6 Å². The van der Waals surface area contributed by atoms with E-state index in [1.54, 1.807) is 0 Å². The van der Waals surface area contributed by atoms with E-state index >= 15 is 0 Å². The van der Waals surface area contributed by atoms with E-state index < -0.39 is 6.29 Å². The van der Waals surface area contributed by atoms with Crippen LogP contribution in [0.2, 0.25) is 0 Å². The fourth-order valence-corrected chi connectivity index (χ4v) is 3.27. The highest BCUT2D eigenvalue weighted by Gasteiger charge is 2.46. The van der Waals surface area contributed by atoms with Gasteiger partial charge < -0.3 is 9.47 Å². The zero-order valence-corrected chi connectivity index (χ0v) is 15.2. The second-order valence-corrected chi connectivity index (χ2v) is 6.90. The molecular formula is C17H22BrNO4. The van der Waals surface area contributed by atoms with Crippen LogP contribution >= 0.6 is 15.9 Å². The lowest BCUT2D eigenvalue weighted by Gasteiger charge is -2.23. The fourth-order valence-electron chi connectivity index (χ4n) is 3.00. The van der Waals surface area contributed by atoms with Gasteiger partial charge in [-0.3, -0.25) is 10.1 Å². The number of hydrogen-bond acceptors (Lipinski definition) is 4. The number of benzene rings is 1. The van der Waals surface area contributed by atoms with Gasteiger partial charge in [-0.15, -0.1) is 0 Å². The molecule has 0 radical (unpaired) electrons. The van der Waals surface area contributed by atoms with Crippen molar-refractivity contribution in [3.8, 4) is 0 Å². The summed E-state index contributed by atoms with van der Waals surface area (Å²) in [4.78, 5) is 10.8. The molecular weight excluding hydrogens is 362 g/mol. The van der Waals surface area contributed by atoms with E-state index in [-0.39, 0.29) is 29.2 Å². The molecule has 1 aliphatic heterocycles. The maximum atomic E-state index is 11.1. The van der Waals surface area contributed by atoms with Crippen LogP contribution < -0.4 is 0 Å². The van der Waals surface area contributed by atoms with Crippen LogP contribution in [0.3, 0.4) is 0 Å². The first-order valence-corrected chi connectivity index (χ1v) is 8.59. The summed E-state index contributed by atoms with van der Waals surface area (Å²) in [7, 11) is 0. The first-order chi connectivity index (χ1) is 10.9. The molecule has 1 saturated heterocycles. The van der Waals surface area contributed by atoms with E-state index in [1.165, 1.54) is 0 Å². The molecule has 0 aliphatic carbocycles. The highest BCUT2D eigenvalue weighted by Crippen LogP contribution is 2.41. The van der Waals surface area contributed by atoms with Crippen LogP contribution in [0.15, 0.2) is 34.5 Å². The van der Waals surface area contributed by atoms with Crippen LogP contribution in [0, 0.1) is 27.9 Å². The quantitative estimate of drug-likeness (QED) is 0.541. The second-order valence-electron chi connectivity index (χ2n) is 5.98. The first kappa shape index (κ1) is 17.9. The normalized spacial score (nSPS) is 25.8. The molecule has 1 aromatic carbocycles. The third-order valence-corrected chi connectivity index (χ3v) is 4.55. The Labute approximate surface area is 144 Å². The molecule has 0 bridgehead atoms. The monoisotopic (exact) mass is 383 g/mol. The van der Waals surface area contributed by atoms with E-state index in [2.05, 4.69) is 29.8 Å². The number of hydrogen-bond donors (Lipinski definition) is 0. The molecule has 0 unspecified atom stereocenters. The Bertz CT molecular complexity index is 570. The summed E-state index contributed by atoms with van der Waals surface area (Å²) in [6, 6.07) is 7.76. The van der Waals surface area contributed by atoms with Crippen molar-refractivity contribution >= 4 is 22.0 Å². The summed E-state index contributed by atoms with van der Waals surface area (Å²) >= 11 is 3.40. The van der Waals surface area contributed by atoms with Crippen molar-refractivity contribution in [1.82, 2.24) is 0 Å². The zero-order chi connectivity index (χ0) is 17.0. The Hall–Kier alpha value is -1.40. The molecule has 0 saturated carbocycles. The first-order valence-electron chi connectivity index (χ1n) is 7.79. The average molecular weight is 384 g/mol. The lowest BCUT2D eigenvalue weighted by Crippen LogP contribution is -2.31. The summed E-state index contributed by atoms with van der Waals surface area (Å²) in [6.07, 6.45) is 1.46. The van der Waals surface area contributed by atoms with Crippen molar-refractivity contribution < 1.29 is 14.4 Å². The molecule has 3 atom stereocenters. The Morgan fingerprint density at radius 1 is 1.39 bits per heavy atom. The van der Waals surface area contributed by atoms with E-state index in [9.17, 15) is 10.1 Å². The van der Waals surface area contributed by atoms with Gasteiger partial charge in [-0.2, -0.15) is 0 Å². The van der Waals surface area contributed by atoms with Gasteiger partial charge in [-0.05, 0) is 36.6 Å². The number of ether oxygens (including phenoxy) is 2. The van der Waals surface area contributed by atoms with Crippen molar-refractivity contribution in [3.05, 3.63) is 50.2 Å². The Morgan fingerprint density at radius 3 is 2.57 bits per heavy atom. The molecule has 5 nitrogen and oxygen atoms in total. The molecule has 1 aromatic rings. The fraction of sp³-hybridized carbons (Fsp3) is 0.529. The molecule has 0 amide bonds. The molecule has 6 heteroatoms. The Morgan fingerprint density at radius 2 is 2.04 bits per heavy atom. The lowest BCUT2D eigenvalue weighted by atomic mass is 9.83. The van der Waals surface area contributed by atoms with E-state index in [1.807, 2.05) is 37.3 Å². The van der Waals surface area contributed by atoms with Crippen molar-refractivity contribution in [2.45, 2.75) is 27.1 Å². The maximum absolute atomic E-state index is 11.1. The van der Waals surface area contributed by atoms with Gasteiger partial charge in [0.2, 0.25) is 12.8 Å². The summed E-state index contributed by atoms with van der Waals surface area (Å²) in [5.74, 6) is 0.570. The molecule has 23 heavy (non-hydrogen) atoms. The minimum atomic E-state index is -0.424. The molecule has 0 spiro atoms. The van der Waals surface area contributed by atoms with Gasteiger partial charge in [0, 0.05) is 21.9 Å². The number of nitrogens with zero attached hydrogens (tertiary/aromatic N) is 1. The van der Waals surface area contributed by atoms with E-state index in [0.717, 1.165) is 10.0 Å². The minimum Gasteiger partial charge on any atom is -0.468 e. The van der Waals surface area contributed by atoms with E-state index in [0.29, 0.717) is 12.4 Å². The van der Waals surface area contributed by atoms with Crippen molar-refractivity contribution in [2.24, 2.45) is 17.8 Å². The second kappa shape index (κ2) is 7.93. The zero-order valence-electron chi connectivity index (χ0n) is 13.6. The summed E-state index contributed by atoms with van der Waals surface area (Å²) in [5, 5.41) is 11.1. The van der Waals surface area contributed by atoms with Gasteiger partial charge in [0.25, 0.3) is 0 Å². The number of halogens is 1. The van der Waals surface area contributed by atoms with Crippen molar-refractivity contribution in [1.29, 1.82) is 0 Å². The van der Waals surface area contributed by atoms with Crippen molar-refractivity contribution in [3.63, 3.8) is 0 Å². The summed E-state index contributed by atoms with van der Waals surface area (Å²) < 4.78 is 12.6. The largest absolute Gasteiger partial charge is 0.468 e. The molecule has 0 aromatic heterocycles. The lowest BCUT2D eigenvalue weighted by molar-refractivity contribution is -0.488. The predicted molar refractivity (Wildman–Crippen MR) is 92.3 cm³/mol. The Balaban J connectivity index is 2.34. The van der Waals surface area contributed by atoms with Crippen LogP contribution in [0.5, 0.6) is 0 Å². The van der Waals surface area contributed by atoms with Crippen LogP contribution in [0.25, 0.3) is 6.08 Å². The van der Waals surface area contributed by atoms with Crippen LogP contribution in [-0.2, 0) is 9.47 Å². The summed E-state index contributed by atoms with van der Waals surface area (Å²) in [6.45, 7) is 6.38. The number of nitro groups is 1. The van der Waals surface area contributed by atoms with Gasteiger partial charge in [-0.1, -0.05) is 41.9 Å². The predicted octanol–water partition coefficient (Wildman–Crippen LogP) is 4.35. The Kier molecular flexibility index (Phi) is 6.18. The molecule has 1 fully saturated rings. The van der Waals surface area contributed by atoms with Crippen LogP contribution in [0.1, 0.15) is 26.3 Å². The standard InChI is InChI=1S/C17H22BrNO4/c1-4-22-17-16(11(2)3)14(10-19(20)21)15(23-17)9-12-5-7-13(18)8-6-12/h5-9,11,14,16-17H,4,10H2,1-3H3/b15-9-/t14-,16-,17+/m1/s1. The highest BCUT2D eigenvalue weighted by molar-refractivity contribution is 9.10. The third kappa shape index (κ3) is 4.54.